The summed E-state index contributed by atoms with van der Waals surface area (Å²) in [4.78, 5) is 0. The lowest BCUT2D eigenvalue weighted by Gasteiger charge is -2.31. The Morgan fingerprint density at radius 3 is 2.56 bits per heavy atom. The fourth-order valence-electron chi connectivity index (χ4n) is 4.90. The standard InChI is InChI=1S/C15H24O/c1-9-5-6-11-13(14(11,2)3)12-10(9)7-8-15(12,4)16/h10-13,16H,1,5-8H2,2-4H3/t10-,11-,12-,13-,15-/m0/s1. The molecule has 0 spiro atoms. The lowest BCUT2D eigenvalue weighted by molar-refractivity contribution is -0.00137. The van der Waals surface area contributed by atoms with Crippen LogP contribution in [0.25, 0.3) is 0 Å². The molecule has 0 bridgehead atoms. The Kier molecular flexibility index (Phi) is 1.98. The van der Waals surface area contributed by atoms with Crippen LogP contribution in [0.15, 0.2) is 12.2 Å². The Bertz CT molecular complexity index is 339. The molecule has 3 rings (SSSR count). The van der Waals surface area contributed by atoms with Crippen molar-refractivity contribution in [2.75, 3.05) is 0 Å². The van der Waals surface area contributed by atoms with Gasteiger partial charge in [0, 0.05) is 0 Å². The largest absolute Gasteiger partial charge is 0.390 e. The summed E-state index contributed by atoms with van der Waals surface area (Å²) in [6.45, 7) is 11.1. The van der Waals surface area contributed by atoms with E-state index in [2.05, 4.69) is 27.4 Å². The number of hydrogen-bond acceptors (Lipinski definition) is 1. The second-order valence-electron chi connectivity index (χ2n) is 7.18. The summed E-state index contributed by atoms with van der Waals surface area (Å²) in [5.41, 5.74) is 1.46. The lowest BCUT2D eigenvalue weighted by Crippen LogP contribution is -2.34. The fourth-order valence-corrected chi connectivity index (χ4v) is 4.90. The van der Waals surface area contributed by atoms with Gasteiger partial charge in [-0.3, -0.25) is 0 Å². The van der Waals surface area contributed by atoms with E-state index in [9.17, 15) is 5.11 Å². The van der Waals surface area contributed by atoms with Crippen molar-refractivity contribution in [2.24, 2.45) is 29.1 Å². The molecule has 0 radical (unpaired) electrons. The van der Waals surface area contributed by atoms with Crippen molar-refractivity contribution in [3.63, 3.8) is 0 Å². The molecule has 3 fully saturated rings. The van der Waals surface area contributed by atoms with Crippen molar-refractivity contribution >= 4 is 0 Å². The minimum Gasteiger partial charge on any atom is -0.390 e. The fraction of sp³-hybridized carbons (Fsp3) is 0.867. The zero-order valence-corrected chi connectivity index (χ0v) is 10.8. The third kappa shape index (κ3) is 1.21. The van der Waals surface area contributed by atoms with E-state index in [4.69, 9.17) is 0 Å². The number of fused-ring (bicyclic) bond motifs is 3. The molecule has 3 saturated carbocycles. The topological polar surface area (TPSA) is 20.2 Å². The molecule has 0 aliphatic heterocycles. The van der Waals surface area contributed by atoms with E-state index >= 15 is 0 Å². The molecule has 5 atom stereocenters. The molecule has 0 aromatic heterocycles. The number of rotatable bonds is 0. The van der Waals surface area contributed by atoms with E-state index in [0.29, 0.717) is 17.3 Å². The van der Waals surface area contributed by atoms with E-state index in [-0.39, 0.29) is 0 Å². The summed E-state index contributed by atoms with van der Waals surface area (Å²) in [7, 11) is 0. The van der Waals surface area contributed by atoms with E-state index < -0.39 is 5.60 Å². The molecule has 16 heavy (non-hydrogen) atoms. The van der Waals surface area contributed by atoms with Gasteiger partial charge >= 0.3 is 0 Å². The van der Waals surface area contributed by atoms with Crippen LogP contribution in [0.3, 0.4) is 0 Å². The van der Waals surface area contributed by atoms with Crippen LogP contribution in [0.4, 0.5) is 0 Å². The molecule has 0 aromatic rings. The summed E-state index contributed by atoms with van der Waals surface area (Å²) in [6, 6.07) is 0. The van der Waals surface area contributed by atoms with E-state index in [1.54, 1.807) is 0 Å². The normalized spacial score (nSPS) is 54.1. The monoisotopic (exact) mass is 220 g/mol. The third-order valence-electron chi connectivity index (χ3n) is 5.94. The highest BCUT2D eigenvalue weighted by atomic mass is 16.3. The minimum absolute atomic E-state index is 0.436. The summed E-state index contributed by atoms with van der Waals surface area (Å²) in [6.07, 6.45) is 4.64. The van der Waals surface area contributed by atoms with E-state index in [1.807, 2.05) is 0 Å². The van der Waals surface area contributed by atoms with Crippen molar-refractivity contribution < 1.29 is 5.11 Å². The Balaban J connectivity index is 1.98. The predicted molar refractivity (Wildman–Crippen MR) is 66.0 cm³/mol. The van der Waals surface area contributed by atoms with Crippen LogP contribution in [-0.4, -0.2) is 10.7 Å². The molecular weight excluding hydrogens is 196 g/mol. The predicted octanol–water partition coefficient (Wildman–Crippen LogP) is 3.39. The molecular formula is C15H24O. The van der Waals surface area contributed by atoms with Gasteiger partial charge in [0.05, 0.1) is 5.60 Å². The third-order valence-corrected chi connectivity index (χ3v) is 5.94. The van der Waals surface area contributed by atoms with Gasteiger partial charge in [0.15, 0.2) is 0 Å². The maximum absolute atomic E-state index is 10.6. The number of hydrogen-bond donors (Lipinski definition) is 1. The zero-order chi connectivity index (χ0) is 11.7. The average Bonchev–Trinajstić information content (AvgIpc) is 2.61. The molecule has 3 aliphatic rings. The van der Waals surface area contributed by atoms with Crippen LogP contribution in [0.1, 0.15) is 46.5 Å². The Labute approximate surface area is 98.9 Å². The molecule has 1 nitrogen and oxygen atoms in total. The summed E-state index contributed by atoms with van der Waals surface area (Å²) in [5.74, 6) is 2.67. The van der Waals surface area contributed by atoms with Crippen molar-refractivity contribution in [2.45, 2.75) is 52.1 Å². The van der Waals surface area contributed by atoms with Crippen LogP contribution < -0.4 is 0 Å². The molecule has 90 valence electrons. The smallest absolute Gasteiger partial charge is 0.0656 e. The molecule has 1 heteroatoms. The average molecular weight is 220 g/mol. The Morgan fingerprint density at radius 1 is 1.19 bits per heavy atom. The second kappa shape index (κ2) is 2.93. The second-order valence-corrected chi connectivity index (χ2v) is 7.18. The van der Waals surface area contributed by atoms with Gasteiger partial charge in [-0.1, -0.05) is 26.0 Å². The first-order chi connectivity index (χ1) is 7.36. The SMILES string of the molecule is C=C1CC[C@H]2[C@@H]([C@@H]3[C@H]1CC[C@]3(C)O)C2(C)C. The van der Waals surface area contributed by atoms with Gasteiger partial charge in [-0.25, -0.2) is 0 Å². The van der Waals surface area contributed by atoms with Gasteiger partial charge in [-0.2, -0.15) is 0 Å². The Hall–Kier alpha value is -0.300. The minimum atomic E-state index is -0.436. The molecule has 1 N–H and O–H groups in total. The maximum atomic E-state index is 10.6. The van der Waals surface area contributed by atoms with Crippen LogP contribution in [0, 0.1) is 29.1 Å². The molecule has 0 aromatic carbocycles. The summed E-state index contributed by atoms with van der Waals surface area (Å²) < 4.78 is 0. The molecule has 0 unspecified atom stereocenters. The van der Waals surface area contributed by atoms with E-state index in [1.165, 1.54) is 18.4 Å². The highest BCUT2D eigenvalue weighted by Crippen LogP contribution is 2.71. The van der Waals surface area contributed by atoms with Crippen LogP contribution >= 0.6 is 0 Å². The zero-order valence-electron chi connectivity index (χ0n) is 10.8. The van der Waals surface area contributed by atoms with E-state index in [0.717, 1.165) is 24.7 Å². The van der Waals surface area contributed by atoms with Crippen molar-refractivity contribution in [1.29, 1.82) is 0 Å². The van der Waals surface area contributed by atoms with Crippen molar-refractivity contribution in [1.82, 2.24) is 0 Å². The summed E-state index contributed by atoms with van der Waals surface area (Å²) in [5, 5.41) is 10.6. The first-order valence-corrected chi connectivity index (χ1v) is 6.76. The van der Waals surface area contributed by atoms with Gasteiger partial charge in [0.1, 0.15) is 0 Å². The van der Waals surface area contributed by atoms with Crippen molar-refractivity contribution in [3.8, 4) is 0 Å². The molecule has 0 saturated heterocycles. The first-order valence-electron chi connectivity index (χ1n) is 6.76. The molecule has 0 heterocycles. The quantitative estimate of drug-likeness (QED) is 0.620. The number of aliphatic hydroxyl groups is 1. The van der Waals surface area contributed by atoms with Gasteiger partial charge in [0.25, 0.3) is 0 Å². The van der Waals surface area contributed by atoms with Gasteiger partial charge in [0.2, 0.25) is 0 Å². The summed E-state index contributed by atoms with van der Waals surface area (Å²) >= 11 is 0. The first kappa shape index (κ1) is 10.8. The number of allylic oxidation sites excluding steroid dienone is 1. The molecule has 0 amide bonds. The van der Waals surface area contributed by atoms with Crippen LogP contribution in [0.5, 0.6) is 0 Å². The van der Waals surface area contributed by atoms with Gasteiger partial charge in [-0.15, -0.1) is 0 Å². The highest BCUT2D eigenvalue weighted by molar-refractivity contribution is 5.22. The van der Waals surface area contributed by atoms with Crippen LogP contribution in [-0.2, 0) is 0 Å². The Morgan fingerprint density at radius 2 is 1.88 bits per heavy atom. The van der Waals surface area contributed by atoms with Crippen LogP contribution in [0.2, 0.25) is 0 Å². The lowest BCUT2D eigenvalue weighted by atomic mass is 9.78. The highest BCUT2D eigenvalue weighted by Gasteiger charge is 2.67. The maximum Gasteiger partial charge on any atom is 0.0656 e. The van der Waals surface area contributed by atoms with Crippen molar-refractivity contribution in [3.05, 3.63) is 12.2 Å². The molecule has 3 aliphatic carbocycles. The van der Waals surface area contributed by atoms with Gasteiger partial charge < -0.3 is 5.11 Å². The van der Waals surface area contributed by atoms with Gasteiger partial charge in [-0.05, 0) is 61.7 Å².